The molecule has 1 aliphatic rings. The fourth-order valence-electron chi connectivity index (χ4n) is 3.36. The van der Waals surface area contributed by atoms with E-state index >= 15 is 0 Å². The van der Waals surface area contributed by atoms with E-state index in [4.69, 9.17) is 0 Å². The zero-order chi connectivity index (χ0) is 20.8. The SMILES string of the molecule is CCN(CC)c1ccc(/C=C2/SC(=O)N(CCCc3ccccc3)C2=O)cc1Br. The zero-order valence-corrected chi connectivity index (χ0v) is 19.1. The molecule has 0 atom stereocenters. The molecule has 4 nitrogen and oxygen atoms in total. The van der Waals surface area contributed by atoms with Crippen molar-refractivity contribution >= 4 is 50.6 Å². The van der Waals surface area contributed by atoms with Crippen molar-refractivity contribution < 1.29 is 9.59 Å². The van der Waals surface area contributed by atoms with Gasteiger partial charge >= 0.3 is 0 Å². The van der Waals surface area contributed by atoms with E-state index in [1.807, 2.05) is 36.4 Å². The molecule has 3 rings (SSSR count). The molecule has 0 N–H and O–H groups in total. The van der Waals surface area contributed by atoms with E-state index in [2.05, 4.69) is 46.8 Å². The number of nitrogens with zero attached hydrogens (tertiary/aromatic N) is 2. The minimum absolute atomic E-state index is 0.187. The minimum atomic E-state index is -0.197. The van der Waals surface area contributed by atoms with E-state index in [9.17, 15) is 9.59 Å². The number of aryl methyl sites for hydroxylation is 1. The molecular formula is C23H25BrN2O2S. The van der Waals surface area contributed by atoms with Gasteiger partial charge in [0.15, 0.2) is 0 Å². The monoisotopic (exact) mass is 472 g/mol. The molecule has 1 saturated heterocycles. The quantitative estimate of drug-likeness (QED) is 0.444. The molecule has 1 heterocycles. The lowest BCUT2D eigenvalue weighted by Gasteiger charge is -2.22. The summed E-state index contributed by atoms with van der Waals surface area (Å²) in [6, 6.07) is 16.1. The molecule has 2 aromatic carbocycles. The molecule has 1 fully saturated rings. The van der Waals surface area contributed by atoms with Crippen molar-refractivity contribution in [3.63, 3.8) is 0 Å². The first-order valence-corrected chi connectivity index (χ1v) is 11.5. The van der Waals surface area contributed by atoms with Crippen LogP contribution in [0.5, 0.6) is 0 Å². The maximum Gasteiger partial charge on any atom is 0.293 e. The van der Waals surface area contributed by atoms with Gasteiger partial charge in [-0.05, 0) is 83.7 Å². The van der Waals surface area contributed by atoms with E-state index in [1.165, 1.54) is 10.5 Å². The van der Waals surface area contributed by atoms with Crippen molar-refractivity contribution in [1.82, 2.24) is 4.90 Å². The van der Waals surface area contributed by atoms with E-state index in [0.717, 1.165) is 53.4 Å². The number of hydrogen-bond donors (Lipinski definition) is 0. The first kappa shape index (κ1) is 21.7. The second-order valence-corrected chi connectivity index (χ2v) is 8.65. The molecule has 0 bridgehead atoms. The van der Waals surface area contributed by atoms with Crippen LogP contribution in [0.4, 0.5) is 10.5 Å². The van der Waals surface area contributed by atoms with Crippen molar-refractivity contribution in [2.45, 2.75) is 26.7 Å². The number of anilines is 1. The summed E-state index contributed by atoms with van der Waals surface area (Å²) in [6.07, 6.45) is 3.42. The third-order valence-electron chi connectivity index (χ3n) is 4.94. The standard InChI is InChI=1S/C23H25BrN2O2S/c1-3-25(4-2)20-13-12-18(15-19(20)24)16-21-22(27)26(23(28)29-21)14-8-11-17-9-6-5-7-10-17/h5-7,9-10,12-13,15-16H,3-4,8,11,14H2,1-2H3/b21-16+. The normalized spacial score (nSPS) is 15.4. The summed E-state index contributed by atoms with van der Waals surface area (Å²) in [5, 5.41) is -0.187. The van der Waals surface area contributed by atoms with Gasteiger partial charge in [0.25, 0.3) is 11.1 Å². The Morgan fingerprint density at radius 1 is 1.07 bits per heavy atom. The van der Waals surface area contributed by atoms with E-state index in [-0.39, 0.29) is 11.1 Å². The van der Waals surface area contributed by atoms with Gasteiger partial charge in [-0.25, -0.2) is 0 Å². The first-order chi connectivity index (χ1) is 14.0. The molecule has 0 spiro atoms. The van der Waals surface area contributed by atoms with Crippen molar-refractivity contribution in [3.05, 3.63) is 69.0 Å². The molecule has 0 aliphatic carbocycles. The summed E-state index contributed by atoms with van der Waals surface area (Å²) in [5.41, 5.74) is 3.25. The van der Waals surface area contributed by atoms with E-state index < -0.39 is 0 Å². The first-order valence-electron chi connectivity index (χ1n) is 9.87. The van der Waals surface area contributed by atoms with Gasteiger partial charge in [0, 0.05) is 24.1 Å². The summed E-state index contributed by atoms with van der Waals surface area (Å²) >= 11 is 4.66. The van der Waals surface area contributed by atoms with Crippen molar-refractivity contribution in [2.75, 3.05) is 24.5 Å². The number of benzene rings is 2. The summed E-state index contributed by atoms with van der Waals surface area (Å²) in [5.74, 6) is -0.197. The van der Waals surface area contributed by atoms with Crippen LogP contribution in [0, 0.1) is 0 Å². The second-order valence-electron chi connectivity index (χ2n) is 6.81. The Bertz CT molecular complexity index is 910. The predicted molar refractivity (Wildman–Crippen MR) is 125 cm³/mol. The lowest BCUT2D eigenvalue weighted by Crippen LogP contribution is -2.29. The molecular weight excluding hydrogens is 448 g/mol. The molecule has 2 amide bonds. The highest BCUT2D eigenvalue weighted by molar-refractivity contribution is 9.10. The largest absolute Gasteiger partial charge is 0.371 e. The van der Waals surface area contributed by atoms with Crippen molar-refractivity contribution in [1.29, 1.82) is 0 Å². The van der Waals surface area contributed by atoms with Gasteiger partial charge in [-0.2, -0.15) is 0 Å². The van der Waals surface area contributed by atoms with Crippen LogP contribution in [0.15, 0.2) is 57.9 Å². The average Bonchev–Trinajstić information content (AvgIpc) is 2.98. The van der Waals surface area contributed by atoms with Crippen LogP contribution in [0.25, 0.3) is 6.08 Å². The number of amides is 2. The van der Waals surface area contributed by atoms with Crippen LogP contribution in [0.3, 0.4) is 0 Å². The molecule has 0 radical (unpaired) electrons. The Balaban J connectivity index is 1.67. The Morgan fingerprint density at radius 2 is 1.79 bits per heavy atom. The highest BCUT2D eigenvalue weighted by Gasteiger charge is 2.34. The second kappa shape index (κ2) is 10.1. The highest BCUT2D eigenvalue weighted by Crippen LogP contribution is 2.34. The third kappa shape index (κ3) is 5.31. The van der Waals surface area contributed by atoms with Crippen LogP contribution in [0.1, 0.15) is 31.4 Å². The molecule has 0 saturated carbocycles. The number of rotatable bonds is 8. The van der Waals surface area contributed by atoms with Crippen LogP contribution >= 0.6 is 27.7 Å². The number of carbonyl (C=O) groups excluding carboxylic acids is 2. The van der Waals surface area contributed by atoms with Gasteiger partial charge < -0.3 is 4.90 Å². The average molecular weight is 473 g/mol. The highest BCUT2D eigenvalue weighted by atomic mass is 79.9. The minimum Gasteiger partial charge on any atom is -0.371 e. The predicted octanol–water partition coefficient (Wildman–Crippen LogP) is 5.96. The molecule has 1 aliphatic heterocycles. The Morgan fingerprint density at radius 3 is 2.45 bits per heavy atom. The zero-order valence-electron chi connectivity index (χ0n) is 16.7. The Hall–Kier alpha value is -2.05. The number of imide groups is 1. The van der Waals surface area contributed by atoms with E-state index in [0.29, 0.717) is 11.4 Å². The molecule has 6 heteroatoms. The topological polar surface area (TPSA) is 40.6 Å². The van der Waals surface area contributed by atoms with Crippen LogP contribution in [0.2, 0.25) is 0 Å². The smallest absolute Gasteiger partial charge is 0.293 e. The summed E-state index contributed by atoms with van der Waals surface area (Å²) in [4.78, 5) is 29.1. The summed E-state index contributed by atoms with van der Waals surface area (Å²) < 4.78 is 0.983. The Kier molecular flexibility index (Phi) is 7.56. The van der Waals surface area contributed by atoms with Gasteiger partial charge in [-0.1, -0.05) is 36.4 Å². The van der Waals surface area contributed by atoms with Gasteiger partial charge in [-0.3, -0.25) is 14.5 Å². The Labute approximate surface area is 185 Å². The van der Waals surface area contributed by atoms with Crippen LogP contribution in [-0.4, -0.2) is 35.7 Å². The molecule has 29 heavy (non-hydrogen) atoms. The van der Waals surface area contributed by atoms with Gasteiger partial charge in [-0.15, -0.1) is 0 Å². The number of carbonyl (C=O) groups is 2. The number of halogens is 1. The number of hydrogen-bond acceptors (Lipinski definition) is 4. The van der Waals surface area contributed by atoms with Crippen LogP contribution in [-0.2, 0) is 11.2 Å². The molecule has 0 unspecified atom stereocenters. The molecule has 2 aromatic rings. The lowest BCUT2D eigenvalue weighted by atomic mass is 10.1. The van der Waals surface area contributed by atoms with E-state index in [1.54, 1.807) is 6.08 Å². The molecule has 152 valence electrons. The third-order valence-corrected chi connectivity index (χ3v) is 6.48. The van der Waals surface area contributed by atoms with Gasteiger partial charge in [0.2, 0.25) is 0 Å². The van der Waals surface area contributed by atoms with Crippen molar-refractivity contribution in [2.24, 2.45) is 0 Å². The van der Waals surface area contributed by atoms with Gasteiger partial charge in [0.05, 0.1) is 10.6 Å². The van der Waals surface area contributed by atoms with Gasteiger partial charge in [0.1, 0.15) is 0 Å². The molecule has 0 aromatic heterocycles. The van der Waals surface area contributed by atoms with Crippen molar-refractivity contribution in [3.8, 4) is 0 Å². The fraction of sp³-hybridized carbons (Fsp3) is 0.304. The van der Waals surface area contributed by atoms with Crippen LogP contribution < -0.4 is 4.90 Å². The maximum absolute atomic E-state index is 12.7. The summed E-state index contributed by atoms with van der Waals surface area (Å²) in [7, 11) is 0. The lowest BCUT2D eigenvalue weighted by molar-refractivity contribution is -0.122. The summed E-state index contributed by atoms with van der Waals surface area (Å²) in [6.45, 7) is 6.55. The number of thioether (sulfide) groups is 1. The fourth-order valence-corrected chi connectivity index (χ4v) is 4.88. The maximum atomic E-state index is 12.7.